The Labute approximate surface area is 120 Å². The van der Waals surface area contributed by atoms with Crippen molar-refractivity contribution in [3.63, 3.8) is 0 Å². The zero-order valence-electron chi connectivity index (χ0n) is 11.4. The summed E-state index contributed by atoms with van der Waals surface area (Å²) < 4.78 is 50.1. The molecule has 0 unspecified atom stereocenters. The Hall–Kier alpha value is -1.88. The molecule has 0 aromatic heterocycles. The molecule has 0 radical (unpaired) electrons. The van der Waals surface area contributed by atoms with E-state index in [1.54, 1.807) is 12.1 Å². The number of rotatable bonds is 4. The molecule has 0 aliphatic rings. The first-order chi connectivity index (χ1) is 9.86. The van der Waals surface area contributed by atoms with E-state index in [9.17, 15) is 17.6 Å². The van der Waals surface area contributed by atoms with Gasteiger partial charge in [0.15, 0.2) is 0 Å². The molecule has 0 heterocycles. The Kier molecular flexibility index (Phi) is 4.63. The molecule has 1 nitrogen and oxygen atoms in total. The average Bonchev–Trinajstić information content (AvgIpc) is 2.45. The van der Waals surface area contributed by atoms with E-state index in [0.29, 0.717) is 6.54 Å². The number of alkyl halides is 3. The van der Waals surface area contributed by atoms with Crippen LogP contribution in [0.4, 0.5) is 17.6 Å². The second-order valence-corrected chi connectivity index (χ2v) is 4.85. The van der Waals surface area contributed by atoms with E-state index < -0.39 is 11.7 Å². The second-order valence-electron chi connectivity index (χ2n) is 4.85. The summed E-state index contributed by atoms with van der Waals surface area (Å²) in [6.07, 6.45) is -4.31. The first-order valence-corrected chi connectivity index (χ1v) is 6.51. The Balaban J connectivity index is 1.95. The smallest absolute Gasteiger partial charge is 0.306 e. The van der Waals surface area contributed by atoms with Crippen LogP contribution in [-0.2, 0) is 12.7 Å². The number of nitrogens with one attached hydrogen (secondary N) is 1. The van der Waals surface area contributed by atoms with Gasteiger partial charge < -0.3 is 5.32 Å². The van der Waals surface area contributed by atoms with Crippen molar-refractivity contribution in [2.45, 2.75) is 25.7 Å². The summed E-state index contributed by atoms with van der Waals surface area (Å²) >= 11 is 0. The van der Waals surface area contributed by atoms with Gasteiger partial charge in [0.25, 0.3) is 0 Å². The van der Waals surface area contributed by atoms with Crippen LogP contribution in [0.1, 0.15) is 29.7 Å². The molecule has 1 N–H and O–H groups in total. The molecular weight excluding hydrogens is 282 g/mol. The Morgan fingerprint density at radius 1 is 0.952 bits per heavy atom. The fourth-order valence-corrected chi connectivity index (χ4v) is 1.95. The minimum Gasteiger partial charge on any atom is -0.306 e. The maximum absolute atomic E-state index is 12.8. The predicted octanol–water partition coefficient (Wildman–Crippen LogP) is 4.70. The lowest BCUT2D eigenvalue weighted by atomic mass is 10.1. The van der Waals surface area contributed by atoms with Gasteiger partial charge in [-0.3, -0.25) is 0 Å². The Morgan fingerprint density at radius 2 is 1.52 bits per heavy atom. The van der Waals surface area contributed by atoms with Crippen molar-refractivity contribution < 1.29 is 17.6 Å². The molecule has 2 aromatic carbocycles. The lowest BCUT2D eigenvalue weighted by molar-refractivity contribution is -0.137. The molecular formula is C16H15F4N. The third-order valence-electron chi connectivity index (χ3n) is 3.26. The zero-order valence-corrected chi connectivity index (χ0v) is 11.4. The number of halogens is 4. The van der Waals surface area contributed by atoms with Gasteiger partial charge in [0.05, 0.1) is 5.56 Å². The third-order valence-corrected chi connectivity index (χ3v) is 3.26. The lowest BCUT2D eigenvalue weighted by Gasteiger charge is -2.15. The fraction of sp³-hybridized carbons (Fsp3) is 0.250. The van der Waals surface area contributed by atoms with Gasteiger partial charge in [0, 0.05) is 12.6 Å². The van der Waals surface area contributed by atoms with Crippen molar-refractivity contribution in [1.82, 2.24) is 5.32 Å². The van der Waals surface area contributed by atoms with Crippen LogP contribution in [-0.4, -0.2) is 0 Å². The molecule has 0 saturated carbocycles. The van der Waals surface area contributed by atoms with Crippen molar-refractivity contribution in [3.05, 3.63) is 71.0 Å². The molecule has 112 valence electrons. The largest absolute Gasteiger partial charge is 0.416 e. The predicted molar refractivity (Wildman–Crippen MR) is 73.1 cm³/mol. The van der Waals surface area contributed by atoms with Crippen molar-refractivity contribution >= 4 is 0 Å². The first-order valence-electron chi connectivity index (χ1n) is 6.51. The molecule has 0 amide bonds. The van der Waals surface area contributed by atoms with Crippen LogP contribution in [0.3, 0.4) is 0 Å². The van der Waals surface area contributed by atoms with E-state index in [0.717, 1.165) is 23.3 Å². The van der Waals surface area contributed by atoms with E-state index in [2.05, 4.69) is 5.32 Å². The maximum Gasteiger partial charge on any atom is 0.416 e. The summed E-state index contributed by atoms with van der Waals surface area (Å²) in [6.45, 7) is 2.36. The Morgan fingerprint density at radius 3 is 2.05 bits per heavy atom. The highest BCUT2D eigenvalue weighted by atomic mass is 19.4. The minimum atomic E-state index is -4.31. The van der Waals surface area contributed by atoms with Gasteiger partial charge in [-0.05, 0) is 42.3 Å². The average molecular weight is 297 g/mol. The van der Waals surface area contributed by atoms with Gasteiger partial charge in [-0.25, -0.2) is 4.39 Å². The third kappa shape index (κ3) is 4.29. The van der Waals surface area contributed by atoms with Gasteiger partial charge >= 0.3 is 6.18 Å². The van der Waals surface area contributed by atoms with E-state index in [4.69, 9.17) is 0 Å². The highest BCUT2D eigenvalue weighted by Crippen LogP contribution is 2.29. The molecule has 0 fully saturated rings. The highest BCUT2D eigenvalue weighted by Gasteiger charge is 2.29. The lowest BCUT2D eigenvalue weighted by Crippen LogP contribution is -2.18. The van der Waals surface area contributed by atoms with E-state index in [1.807, 2.05) is 6.92 Å². The van der Waals surface area contributed by atoms with E-state index >= 15 is 0 Å². The molecule has 0 bridgehead atoms. The first kappa shape index (κ1) is 15.5. The van der Waals surface area contributed by atoms with Crippen molar-refractivity contribution in [1.29, 1.82) is 0 Å². The molecule has 2 aromatic rings. The summed E-state index contributed by atoms with van der Waals surface area (Å²) in [5.41, 5.74) is 1.03. The van der Waals surface area contributed by atoms with Crippen LogP contribution in [0.5, 0.6) is 0 Å². The molecule has 0 aliphatic carbocycles. The van der Waals surface area contributed by atoms with Gasteiger partial charge in [-0.15, -0.1) is 0 Å². The fourth-order valence-electron chi connectivity index (χ4n) is 1.95. The molecule has 0 saturated heterocycles. The molecule has 5 heteroatoms. The van der Waals surface area contributed by atoms with Crippen LogP contribution in [0.2, 0.25) is 0 Å². The summed E-state index contributed by atoms with van der Waals surface area (Å²) in [4.78, 5) is 0. The zero-order chi connectivity index (χ0) is 15.5. The van der Waals surface area contributed by atoms with Crippen molar-refractivity contribution in [2.75, 3.05) is 0 Å². The van der Waals surface area contributed by atoms with Crippen LogP contribution >= 0.6 is 0 Å². The highest BCUT2D eigenvalue weighted by molar-refractivity contribution is 5.25. The minimum absolute atomic E-state index is 0.0205. The standard InChI is InChI=1S/C16H15F4N/c1-11(13-4-8-15(17)9-5-13)21-10-12-2-6-14(7-3-12)16(18,19)20/h2-9,11,21H,10H2,1H3/t11-/m0/s1. The van der Waals surface area contributed by atoms with Gasteiger partial charge in [0.1, 0.15) is 5.82 Å². The topological polar surface area (TPSA) is 12.0 Å². The number of hydrogen-bond acceptors (Lipinski definition) is 1. The van der Waals surface area contributed by atoms with E-state index in [1.165, 1.54) is 24.3 Å². The molecule has 0 spiro atoms. The second kappa shape index (κ2) is 6.26. The van der Waals surface area contributed by atoms with Crippen LogP contribution < -0.4 is 5.32 Å². The van der Waals surface area contributed by atoms with Crippen molar-refractivity contribution in [3.8, 4) is 0 Å². The summed E-state index contributed by atoms with van der Waals surface area (Å²) in [7, 11) is 0. The van der Waals surface area contributed by atoms with Crippen LogP contribution in [0.15, 0.2) is 48.5 Å². The summed E-state index contributed by atoms with van der Waals surface area (Å²) in [5.74, 6) is -0.298. The van der Waals surface area contributed by atoms with Crippen LogP contribution in [0, 0.1) is 5.82 Å². The molecule has 1 atom stereocenters. The van der Waals surface area contributed by atoms with Gasteiger partial charge in [-0.2, -0.15) is 13.2 Å². The number of benzene rings is 2. The maximum atomic E-state index is 12.8. The van der Waals surface area contributed by atoms with Gasteiger partial charge in [-0.1, -0.05) is 24.3 Å². The summed E-state index contributed by atoms with van der Waals surface area (Å²) in [6, 6.07) is 11.1. The number of hydrogen-bond donors (Lipinski definition) is 1. The van der Waals surface area contributed by atoms with E-state index in [-0.39, 0.29) is 11.9 Å². The van der Waals surface area contributed by atoms with Crippen LogP contribution in [0.25, 0.3) is 0 Å². The molecule has 2 rings (SSSR count). The molecule has 0 aliphatic heterocycles. The monoisotopic (exact) mass is 297 g/mol. The normalized spacial score (nSPS) is 13.2. The molecule has 21 heavy (non-hydrogen) atoms. The summed E-state index contributed by atoms with van der Waals surface area (Å²) in [5, 5.41) is 3.19. The van der Waals surface area contributed by atoms with Crippen molar-refractivity contribution in [2.24, 2.45) is 0 Å². The SMILES string of the molecule is C[C@H](NCc1ccc(C(F)(F)F)cc1)c1ccc(F)cc1. The Bertz CT molecular complexity index is 573. The van der Waals surface area contributed by atoms with Gasteiger partial charge in [0.2, 0.25) is 0 Å². The quantitative estimate of drug-likeness (QED) is 0.807.